The van der Waals surface area contributed by atoms with Gasteiger partial charge in [0.25, 0.3) is 5.91 Å². The smallest absolute Gasteiger partial charge is 0.256 e. The Labute approximate surface area is 168 Å². The number of carbonyl (C=O) groups is 1. The average Bonchev–Trinajstić information content (AvgIpc) is 3.36. The van der Waals surface area contributed by atoms with Crippen molar-refractivity contribution in [1.29, 1.82) is 0 Å². The molecule has 3 heterocycles. The number of pyridine rings is 1. The third kappa shape index (κ3) is 3.40. The van der Waals surface area contributed by atoms with Crippen molar-refractivity contribution in [2.24, 2.45) is 7.05 Å². The molecule has 0 atom stereocenters. The highest BCUT2D eigenvalue weighted by molar-refractivity contribution is 6.12. The molecule has 0 unspecified atom stereocenters. The maximum absolute atomic E-state index is 13.2. The lowest BCUT2D eigenvalue weighted by molar-refractivity contribution is 0.102. The molecular weight excluding hydrogens is 364 g/mol. The van der Waals surface area contributed by atoms with Gasteiger partial charge in [0.05, 0.1) is 23.2 Å². The number of rotatable bonds is 5. The second-order valence-electron chi connectivity index (χ2n) is 7.63. The van der Waals surface area contributed by atoms with E-state index in [9.17, 15) is 4.79 Å². The number of aromatic nitrogens is 5. The molecule has 4 aromatic rings. The Morgan fingerprint density at radius 2 is 2.10 bits per heavy atom. The number of benzene rings is 1. The minimum atomic E-state index is -0.133. The minimum absolute atomic E-state index is 0.133. The van der Waals surface area contributed by atoms with Gasteiger partial charge in [0, 0.05) is 36.7 Å². The number of anilines is 1. The van der Waals surface area contributed by atoms with E-state index in [1.54, 1.807) is 10.9 Å². The monoisotopic (exact) mass is 386 g/mol. The van der Waals surface area contributed by atoms with Gasteiger partial charge in [-0.05, 0) is 49.6 Å². The number of aryl methyl sites for hydroxylation is 2. The number of hydrogen-bond acceptors (Lipinski definition) is 4. The van der Waals surface area contributed by atoms with E-state index in [0.29, 0.717) is 18.0 Å². The molecule has 0 saturated heterocycles. The van der Waals surface area contributed by atoms with E-state index in [1.807, 2.05) is 61.2 Å². The van der Waals surface area contributed by atoms with Crippen LogP contribution >= 0.6 is 0 Å². The summed E-state index contributed by atoms with van der Waals surface area (Å²) in [5.41, 5.74) is 5.04. The first-order valence-electron chi connectivity index (χ1n) is 9.80. The fourth-order valence-corrected chi connectivity index (χ4v) is 3.76. The molecule has 7 nitrogen and oxygen atoms in total. The number of hydrogen-bond donors (Lipinski definition) is 1. The fourth-order valence-electron chi connectivity index (χ4n) is 3.76. The van der Waals surface area contributed by atoms with Crippen LogP contribution in [0.2, 0.25) is 0 Å². The Kier molecular flexibility index (Phi) is 4.16. The van der Waals surface area contributed by atoms with Crippen molar-refractivity contribution in [3.05, 3.63) is 71.3 Å². The van der Waals surface area contributed by atoms with Gasteiger partial charge >= 0.3 is 0 Å². The van der Waals surface area contributed by atoms with Crippen LogP contribution in [0.1, 0.15) is 46.1 Å². The van der Waals surface area contributed by atoms with Crippen LogP contribution in [-0.4, -0.2) is 30.5 Å². The first-order chi connectivity index (χ1) is 14.1. The quantitative estimate of drug-likeness (QED) is 0.568. The van der Waals surface area contributed by atoms with Crippen molar-refractivity contribution < 1.29 is 4.79 Å². The largest absolute Gasteiger partial charge is 0.322 e. The van der Waals surface area contributed by atoms with E-state index < -0.39 is 0 Å². The van der Waals surface area contributed by atoms with Crippen LogP contribution in [0.5, 0.6) is 0 Å². The first kappa shape index (κ1) is 17.6. The van der Waals surface area contributed by atoms with E-state index in [2.05, 4.69) is 15.5 Å². The van der Waals surface area contributed by atoms with E-state index in [1.165, 1.54) is 0 Å². The van der Waals surface area contributed by atoms with Crippen molar-refractivity contribution in [2.75, 3.05) is 5.32 Å². The van der Waals surface area contributed by atoms with Crippen LogP contribution in [0.4, 0.5) is 5.69 Å². The molecule has 1 amide bonds. The number of nitrogens with one attached hydrogen (secondary N) is 1. The normalized spacial score (nSPS) is 13.7. The molecule has 146 valence electrons. The second-order valence-corrected chi connectivity index (χ2v) is 7.63. The third-order valence-corrected chi connectivity index (χ3v) is 5.32. The van der Waals surface area contributed by atoms with Crippen LogP contribution in [0.25, 0.3) is 11.0 Å². The van der Waals surface area contributed by atoms with Gasteiger partial charge in [-0.2, -0.15) is 10.2 Å². The minimum Gasteiger partial charge on any atom is -0.322 e. The Morgan fingerprint density at radius 3 is 2.86 bits per heavy atom. The van der Waals surface area contributed by atoms with E-state index >= 15 is 0 Å². The van der Waals surface area contributed by atoms with Gasteiger partial charge in [0.2, 0.25) is 0 Å². The number of fused-ring (bicyclic) bond motifs is 1. The Morgan fingerprint density at radius 1 is 1.24 bits per heavy atom. The Hall–Kier alpha value is -3.48. The summed E-state index contributed by atoms with van der Waals surface area (Å²) >= 11 is 0. The van der Waals surface area contributed by atoms with Gasteiger partial charge in [-0.1, -0.05) is 12.1 Å². The molecular formula is C22H22N6O. The highest BCUT2D eigenvalue weighted by Crippen LogP contribution is 2.40. The van der Waals surface area contributed by atoms with Crippen LogP contribution in [0.15, 0.2) is 48.8 Å². The molecule has 1 aliphatic carbocycles. The van der Waals surface area contributed by atoms with Gasteiger partial charge < -0.3 is 5.32 Å². The summed E-state index contributed by atoms with van der Waals surface area (Å²) in [4.78, 5) is 18.0. The summed E-state index contributed by atoms with van der Waals surface area (Å²) < 4.78 is 3.62. The molecule has 1 saturated carbocycles. The summed E-state index contributed by atoms with van der Waals surface area (Å²) in [5, 5.41) is 12.6. The second kappa shape index (κ2) is 6.84. The van der Waals surface area contributed by atoms with Gasteiger partial charge in [-0.15, -0.1) is 0 Å². The molecule has 1 fully saturated rings. The molecule has 1 N–H and O–H groups in total. The fraction of sp³-hybridized carbons (Fsp3) is 0.273. The maximum atomic E-state index is 13.2. The molecule has 0 spiro atoms. The molecule has 0 aliphatic heterocycles. The summed E-state index contributed by atoms with van der Waals surface area (Å²) in [6.07, 6.45) is 5.94. The zero-order valence-corrected chi connectivity index (χ0v) is 16.5. The van der Waals surface area contributed by atoms with E-state index in [4.69, 9.17) is 4.98 Å². The van der Waals surface area contributed by atoms with E-state index in [-0.39, 0.29) is 5.91 Å². The lowest BCUT2D eigenvalue weighted by Gasteiger charge is -2.10. The summed E-state index contributed by atoms with van der Waals surface area (Å²) in [5.74, 6) is 0.324. The van der Waals surface area contributed by atoms with Gasteiger partial charge in [-0.3, -0.25) is 14.2 Å². The van der Waals surface area contributed by atoms with Crippen LogP contribution in [0.3, 0.4) is 0 Å². The lowest BCUT2D eigenvalue weighted by Crippen LogP contribution is -2.14. The molecule has 0 bridgehead atoms. The number of carbonyl (C=O) groups excluding carboxylic acids is 1. The summed E-state index contributed by atoms with van der Waals surface area (Å²) in [7, 11) is 1.87. The van der Waals surface area contributed by atoms with E-state index in [0.717, 1.165) is 46.5 Å². The van der Waals surface area contributed by atoms with Crippen molar-refractivity contribution in [3.8, 4) is 0 Å². The van der Waals surface area contributed by atoms with Crippen molar-refractivity contribution >= 4 is 22.6 Å². The predicted molar refractivity (Wildman–Crippen MR) is 111 cm³/mol. The molecule has 29 heavy (non-hydrogen) atoms. The molecule has 1 aliphatic rings. The highest BCUT2D eigenvalue weighted by atomic mass is 16.1. The zero-order valence-electron chi connectivity index (χ0n) is 16.5. The van der Waals surface area contributed by atoms with Crippen molar-refractivity contribution in [1.82, 2.24) is 24.5 Å². The van der Waals surface area contributed by atoms with Gasteiger partial charge in [0.1, 0.15) is 0 Å². The summed E-state index contributed by atoms with van der Waals surface area (Å²) in [6.45, 7) is 2.58. The predicted octanol–water partition coefficient (Wildman–Crippen LogP) is 3.65. The number of nitrogens with zero attached hydrogens (tertiary/aromatic N) is 5. The highest BCUT2D eigenvalue weighted by Gasteiger charge is 2.28. The van der Waals surface area contributed by atoms with Gasteiger partial charge in [-0.25, -0.2) is 4.98 Å². The molecule has 5 rings (SSSR count). The topological polar surface area (TPSA) is 77.6 Å². The summed E-state index contributed by atoms with van der Waals surface area (Å²) in [6, 6.07) is 11.7. The molecule has 3 aromatic heterocycles. The standard InChI is InChI=1S/C22H22N6O/c1-14-20-18(12-19(16-7-8-16)25-21(20)27(2)26-14)22(29)24-17-6-3-5-15(11-17)13-28-10-4-9-23-28/h3-6,9-12,16H,7-8,13H2,1-2H3,(H,24,29). The SMILES string of the molecule is Cc1nn(C)c2nc(C3CC3)cc(C(=O)Nc3cccc(Cn4cccn4)c3)c12. The first-order valence-corrected chi connectivity index (χ1v) is 9.80. The molecule has 1 aromatic carbocycles. The number of amides is 1. The van der Waals surface area contributed by atoms with Crippen LogP contribution < -0.4 is 5.32 Å². The zero-order chi connectivity index (χ0) is 20.0. The lowest BCUT2D eigenvalue weighted by atomic mass is 10.1. The third-order valence-electron chi connectivity index (χ3n) is 5.32. The van der Waals surface area contributed by atoms with Crippen molar-refractivity contribution in [3.63, 3.8) is 0 Å². The maximum Gasteiger partial charge on any atom is 0.256 e. The molecule has 0 radical (unpaired) electrons. The average molecular weight is 386 g/mol. The molecule has 7 heteroatoms. The Bertz CT molecular complexity index is 1200. The van der Waals surface area contributed by atoms with Crippen molar-refractivity contribution in [2.45, 2.75) is 32.2 Å². The van der Waals surface area contributed by atoms with Gasteiger partial charge in [0.15, 0.2) is 5.65 Å². The Balaban J connectivity index is 1.47. The van der Waals surface area contributed by atoms with Crippen LogP contribution in [0, 0.1) is 6.92 Å². The van der Waals surface area contributed by atoms with Crippen LogP contribution in [-0.2, 0) is 13.6 Å².